The van der Waals surface area contributed by atoms with Gasteiger partial charge in [0.15, 0.2) is 0 Å². The summed E-state index contributed by atoms with van der Waals surface area (Å²) in [6, 6.07) is 15.3. The number of fused-ring (bicyclic) bond motifs is 1. The zero-order chi connectivity index (χ0) is 22.9. The van der Waals surface area contributed by atoms with E-state index in [0.29, 0.717) is 5.56 Å². The monoisotopic (exact) mass is 444 g/mol. The third-order valence-electron chi connectivity index (χ3n) is 6.07. The van der Waals surface area contributed by atoms with E-state index in [1.807, 2.05) is 42.5 Å². The summed E-state index contributed by atoms with van der Waals surface area (Å²) in [5, 5.41) is 3.09. The van der Waals surface area contributed by atoms with Crippen molar-refractivity contribution < 1.29 is 18.5 Å². The molecule has 0 heterocycles. The Bertz CT molecular complexity index is 869. The molecular weight excluding hydrogens is 412 g/mol. The van der Waals surface area contributed by atoms with Crippen molar-refractivity contribution in [2.75, 3.05) is 7.11 Å². The van der Waals surface area contributed by atoms with Gasteiger partial charge in [0, 0.05) is 24.1 Å². The zero-order valence-electron chi connectivity index (χ0n) is 18.4. The van der Waals surface area contributed by atoms with Crippen LogP contribution in [-0.2, 0) is 27.4 Å². The fourth-order valence-corrected chi connectivity index (χ4v) is 4.42. The van der Waals surface area contributed by atoms with E-state index in [1.165, 1.54) is 12.7 Å². The van der Waals surface area contributed by atoms with Gasteiger partial charge in [-0.2, -0.15) is 0 Å². The summed E-state index contributed by atoms with van der Waals surface area (Å²) in [6.07, 6.45) is 2.98. The number of aryl methyl sites for hydroxylation is 1. The van der Waals surface area contributed by atoms with Crippen LogP contribution >= 0.6 is 12.9 Å². The number of rotatable bonds is 6. The highest BCUT2D eigenvalue weighted by molar-refractivity contribution is 7.75. The van der Waals surface area contributed by atoms with Crippen LogP contribution in [0.2, 0.25) is 0 Å². The first-order chi connectivity index (χ1) is 14.9. The quantitative estimate of drug-likeness (QED) is 0.450. The molecule has 1 unspecified atom stereocenters. The Morgan fingerprint density at radius 2 is 1.81 bits per heavy atom. The largest absolute Gasteiger partial charge is 0.445 e. The lowest BCUT2D eigenvalue weighted by molar-refractivity contribution is 0.0999. The number of hydrogen-bond acceptors (Lipinski definition) is 5. The molecular formula is C24H32N2O4S. The Labute approximate surface area is 190 Å². The van der Waals surface area contributed by atoms with Crippen molar-refractivity contribution in [2.24, 2.45) is 5.73 Å². The highest BCUT2D eigenvalue weighted by Gasteiger charge is 2.42. The van der Waals surface area contributed by atoms with Crippen LogP contribution in [0.15, 0.2) is 48.5 Å². The molecule has 168 valence electrons. The number of carbonyl (C=O) groups is 2. The predicted octanol–water partition coefficient (Wildman–Crippen LogP) is 4.56. The molecule has 0 fully saturated rings. The maximum absolute atomic E-state index is 12.5. The minimum absolute atomic E-state index is 0.0543. The molecule has 0 radical (unpaired) electrons. The molecule has 7 heteroatoms. The van der Waals surface area contributed by atoms with Crippen LogP contribution in [0.5, 0.6) is 0 Å². The second-order valence-corrected chi connectivity index (χ2v) is 7.94. The van der Waals surface area contributed by atoms with Crippen LogP contribution in [0.4, 0.5) is 4.79 Å². The van der Waals surface area contributed by atoms with Crippen molar-refractivity contribution in [3.8, 4) is 0 Å². The lowest BCUT2D eigenvalue weighted by atomic mass is 9.63. The molecule has 1 atom stereocenters. The highest BCUT2D eigenvalue weighted by Crippen LogP contribution is 2.43. The average Bonchev–Trinajstić information content (AvgIpc) is 2.78. The third kappa shape index (κ3) is 6.02. The van der Waals surface area contributed by atoms with E-state index in [2.05, 4.69) is 36.3 Å². The number of carbonyl (C=O) groups excluding carboxylic acids is 2. The van der Waals surface area contributed by atoms with E-state index < -0.39 is 12.0 Å². The molecule has 0 aromatic heterocycles. The number of amides is 2. The molecule has 0 spiro atoms. The standard InChI is InChI=1S/C23H28N2O3.CH4OS/c1-3-23(4-2)19-14-18(21(24)26)11-10-17(19)12-13-20(23)25-22(27)28-15-16-8-6-5-7-9-16;1-2-3/h5-11,14,20H,3-4,12-13,15H2,1-2H3,(H2,24,26)(H,25,27);3H,1H3. The lowest BCUT2D eigenvalue weighted by Gasteiger charge is -2.45. The van der Waals surface area contributed by atoms with Gasteiger partial charge < -0.3 is 20.0 Å². The third-order valence-corrected chi connectivity index (χ3v) is 6.07. The molecule has 0 bridgehead atoms. The first-order valence-corrected chi connectivity index (χ1v) is 10.9. The normalized spacial score (nSPS) is 16.3. The summed E-state index contributed by atoms with van der Waals surface area (Å²) in [4.78, 5) is 24.2. The summed E-state index contributed by atoms with van der Waals surface area (Å²) in [7, 11) is 1.49. The smallest absolute Gasteiger partial charge is 0.407 e. The summed E-state index contributed by atoms with van der Waals surface area (Å²) < 4.78 is 9.38. The number of primary amides is 1. The first kappa shape index (κ1) is 24.8. The van der Waals surface area contributed by atoms with Crippen molar-refractivity contribution >= 4 is 24.9 Å². The average molecular weight is 445 g/mol. The number of nitrogens with two attached hydrogens (primary N) is 1. The van der Waals surface area contributed by atoms with Gasteiger partial charge in [0.25, 0.3) is 0 Å². The van der Waals surface area contributed by atoms with E-state index in [9.17, 15) is 9.59 Å². The number of nitrogens with one attached hydrogen (secondary N) is 1. The van der Waals surface area contributed by atoms with Gasteiger partial charge in [-0.15, -0.1) is 0 Å². The van der Waals surface area contributed by atoms with Gasteiger partial charge >= 0.3 is 6.09 Å². The van der Waals surface area contributed by atoms with Crippen molar-refractivity contribution in [3.63, 3.8) is 0 Å². The van der Waals surface area contributed by atoms with Crippen LogP contribution in [0, 0.1) is 0 Å². The Kier molecular flexibility index (Phi) is 9.40. The van der Waals surface area contributed by atoms with Gasteiger partial charge in [0.05, 0.1) is 0 Å². The molecule has 31 heavy (non-hydrogen) atoms. The maximum atomic E-state index is 12.5. The van der Waals surface area contributed by atoms with E-state index in [4.69, 9.17) is 10.5 Å². The van der Waals surface area contributed by atoms with E-state index in [1.54, 1.807) is 6.07 Å². The van der Waals surface area contributed by atoms with Gasteiger partial charge in [-0.05, 0) is 67.4 Å². The summed E-state index contributed by atoms with van der Waals surface area (Å²) in [5.41, 5.74) is 9.06. The first-order valence-electron chi connectivity index (χ1n) is 10.5. The highest BCUT2D eigenvalue weighted by atomic mass is 32.1. The molecule has 1 aliphatic rings. The molecule has 0 saturated carbocycles. The Morgan fingerprint density at radius 3 is 2.39 bits per heavy atom. The van der Waals surface area contributed by atoms with E-state index in [-0.39, 0.29) is 18.1 Å². The molecule has 0 aliphatic heterocycles. The van der Waals surface area contributed by atoms with Gasteiger partial charge in [-0.1, -0.05) is 50.2 Å². The second-order valence-electron chi connectivity index (χ2n) is 7.58. The van der Waals surface area contributed by atoms with E-state index >= 15 is 0 Å². The van der Waals surface area contributed by atoms with Crippen molar-refractivity contribution in [1.29, 1.82) is 0 Å². The van der Waals surface area contributed by atoms with Gasteiger partial charge in [0.1, 0.15) is 6.61 Å². The lowest BCUT2D eigenvalue weighted by Crippen LogP contribution is -2.53. The Hall–Kier alpha value is -2.51. The number of ether oxygens (including phenoxy) is 1. The van der Waals surface area contributed by atoms with Crippen LogP contribution in [0.1, 0.15) is 60.2 Å². The molecule has 1 aliphatic carbocycles. The van der Waals surface area contributed by atoms with Crippen LogP contribution in [0.3, 0.4) is 0 Å². The Balaban J connectivity index is 0.00000107. The number of alkyl carbamates (subject to hydrolysis) is 1. The minimum atomic E-state index is -0.429. The zero-order valence-corrected chi connectivity index (χ0v) is 19.3. The summed E-state index contributed by atoms with van der Waals surface area (Å²) in [5.74, 6) is -0.429. The van der Waals surface area contributed by atoms with Crippen molar-refractivity contribution in [2.45, 2.75) is 57.6 Å². The van der Waals surface area contributed by atoms with Crippen molar-refractivity contribution in [3.05, 3.63) is 70.8 Å². The predicted molar refractivity (Wildman–Crippen MR) is 125 cm³/mol. The second kappa shape index (κ2) is 11.8. The van der Waals surface area contributed by atoms with Crippen LogP contribution < -0.4 is 11.1 Å². The number of benzene rings is 2. The topological polar surface area (TPSA) is 90.7 Å². The fraction of sp³-hybridized carbons (Fsp3) is 0.417. The molecule has 2 aromatic rings. The molecule has 6 nitrogen and oxygen atoms in total. The van der Waals surface area contributed by atoms with E-state index in [0.717, 1.165) is 36.8 Å². The Morgan fingerprint density at radius 1 is 1.16 bits per heavy atom. The molecule has 3 rings (SSSR count). The minimum Gasteiger partial charge on any atom is -0.445 e. The maximum Gasteiger partial charge on any atom is 0.407 e. The van der Waals surface area contributed by atoms with Gasteiger partial charge in [0.2, 0.25) is 5.91 Å². The van der Waals surface area contributed by atoms with Crippen LogP contribution in [-0.4, -0.2) is 25.2 Å². The SMILES string of the molecule is CCC1(CC)c2cc(C(N)=O)ccc2CCC1NC(=O)OCc1ccccc1.COS. The molecule has 2 amide bonds. The molecule has 3 N–H and O–H groups in total. The van der Waals surface area contributed by atoms with Crippen LogP contribution in [0.25, 0.3) is 0 Å². The van der Waals surface area contributed by atoms with Gasteiger partial charge in [-0.25, -0.2) is 4.79 Å². The van der Waals surface area contributed by atoms with Gasteiger partial charge in [-0.3, -0.25) is 4.79 Å². The number of hydrogen-bond donors (Lipinski definition) is 3. The molecule has 2 aromatic carbocycles. The number of thiol groups is 1. The summed E-state index contributed by atoms with van der Waals surface area (Å²) >= 11 is 3.29. The summed E-state index contributed by atoms with van der Waals surface area (Å²) in [6.45, 7) is 4.49. The molecule has 0 saturated heterocycles. The fourth-order valence-electron chi connectivity index (χ4n) is 4.42. The van der Waals surface area contributed by atoms with Crippen molar-refractivity contribution in [1.82, 2.24) is 5.32 Å².